The van der Waals surface area contributed by atoms with Gasteiger partial charge in [-0.05, 0) is 38.0 Å². The number of amides is 1. The third-order valence-electron chi connectivity index (χ3n) is 5.23. The van der Waals surface area contributed by atoms with E-state index in [0.717, 1.165) is 35.5 Å². The van der Waals surface area contributed by atoms with Crippen LogP contribution in [0.25, 0.3) is 11.0 Å². The molecular weight excluding hydrogens is 356 g/mol. The molecule has 0 unspecified atom stereocenters. The number of aliphatic hydroxyl groups is 1. The molecule has 1 aromatic carbocycles. The zero-order valence-electron chi connectivity index (χ0n) is 16.1. The van der Waals surface area contributed by atoms with Crippen molar-refractivity contribution in [3.05, 3.63) is 48.2 Å². The second-order valence-electron chi connectivity index (χ2n) is 7.51. The topological polar surface area (TPSA) is 96.2 Å². The zero-order chi connectivity index (χ0) is 19.7. The van der Waals surface area contributed by atoms with Crippen LogP contribution in [0, 0.1) is 6.92 Å². The number of imidazole rings is 1. The molecule has 4 rings (SSSR count). The van der Waals surface area contributed by atoms with Gasteiger partial charge >= 0.3 is 0 Å². The average Bonchev–Trinajstić information content (AvgIpc) is 3.06. The molecule has 1 saturated heterocycles. The number of benzene rings is 1. The predicted octanol–water partition coefficient (Wildman–Crippen LogP) is 1.43. The zero-order valence-corrected chi connectivity index (χ0v) is 16.1. The van der Waals surface area contributed by atoms with Crippen molar-refractivity contribution >= 4 is 22.8 Å². The molecule has 2 aromatic heterocycles. The lowest BCUT2D eigenvalue weighted by Crippen LogP contribution is -2.54. The quantitative estimate of drug-likeness (QED) is 0.711. The molecule has 1 aliphatic rings. The Labute approximate surface area is 163 Å². The van der Waals surface area contributed by atoms with Gasteiger partial charge in [-0.1, -0.05) is 0 Å². The average molecular weight is 380 g/mol. The molecule has 28 heavy (non-hydrogen) atoms. The standard InChI is InChI=1S/C20H24N6O2/c1-14-8-18(23-12-22-14)26-7-3-6-20(28,11-26)10-21-19(27)15-4-5-17-16(9-15)24-13-25(17)2/h4-5,8-9,12-13,28H,3,6-7,10-11H2,1-2H3,(H,21,27)/t20-/m1/s1. The molecule has 2 N–H and O–H groups in total. The van der Waals surface area contributed by atoms with Crippen LogP contribution in [0.1, 0.15) is 28.9 Å². The lowest BCUT2D eigenvalue weighted by atomic mass is 9.92. The number of aryl methyl sites for hydroxylation is 2. The Morgan fingerprint density at radius 3 is 2.96 bits per heavy atom. The maximum absolute atomic E-state index is 12.6. The molecule has 8 nitrogen and oxygen atoms in total. The van der Waals surface area contributed by atoms with E-state index in [4.69, 9.17) is 0 Å². The first-order valence-corrected chi connectivity index (χ1v) is 9.39. The summed E-state index contributed by atoms with van der Waals surface area (Å²) in [5, 5.41) is 13.9. The van der Waals surface area contributed by atoms with Crippen LogP contribution in [0.15, 0.2) is 36.9 Å². The van der Waals surface area contributed by atoms with E-state index >= 15 is 0 Å². The van der Waals surface area contributed by atoms with E-state index in [9.17, 15) is 9.90 Å². The number of β-amino-alcohol motifs (C(OH)–C–C–N with tert-alkyl or cyclic N) is 1. The van der Waals surface area contributed by atoms with Gasteiger partial charge in [-0.2, -0.15) is 0 Å². The van der Waals surface area contributed by atoms with Gasteiger partial charge in [0.25, 0.3) is 5.91 Å². The Morgan fingerprint density at radius 1 is 1.29 bits per heavy atom. The first-order chi connectivity index (χ1) is 13.4. The second-order valence-corrected chi connectivity index (χ2v) is 7.51. The van der Waals surface area contributed by atoms with Gasteiger partial charge in [0, 0.05) is 44.0 Å². The third-order valence-corrected chi connectivity index (χ3v) is 5.23. The largest absolute Gasteiger partial charge is 0.386 e. The molecule has 1 aliphatic heterocycles. The lowest BCUT2D eigenvalue weighted by Gasteiger charge is -2.39. The maximum atomic E-state index is 12.6. The Bertz CT molecular complexity index is 1020. The van der Waals surface area contributed by atoms with Crippen LogP contribution < -0.4 is 10.2 Å². The van der Waals surface area contributed by atoms with E-state index in [1.807, 2.05) is 35.6 Å². The van der Waals surface area contributed by atoms with E-state index in [1.165, 1.54) is 6.33 Å². The van der Waals surface area contributed by atoms with E-state index in [1.54, 1.807) is 18.5 Å². The molecule has 1 atom stereocenters. The fraction of sp³-hybridized carbons (Fsp3) is 0.400. The maximum Gasteiger partial charge on any atom is 0.251 e. The van der Waals surface area contributed by atoms with Crippen LogP contribution in [-0.2, 0) is 7.05 Å². The van der Waals surface area contributed by atoms with Gasteiger partial charge in [0.1, 0.15) is 12.1 Å². The Morgan fingerprint density at radius 2 is 2.14 bits per heavy atom. The Balaban J connectivity index is 1.43. The van der Waals surface area contributed by atoms with Crippen molar-refractivity contribution in [3.8, 4) is 0 Å². The van der Waals surface area contributed by atoms with Crippen LogP contribution in [0.5, 0.6) is 0 Å². The second kappa shape index (κ2) is 7.20. The highest BCUT2D eigenvalue weighted by Crippen LogP contribution is 2.24. The van der Waals surface area contributed by atoms with E-state index in [0.29, 0.717) is 18.5 Å². The summed E-state index contributed by atoms with van der Waals surface area (Å²) in [6.45, 7) is 3.35. The first-order valence-electron chi connectivity index (χ1n) is 9.39. The Hall–Kier alpha value is -3.00. The lowest BCUT2D eigenvalue weighted by molar-refractivity contribution is 0.0254. The minimum Gasteiger partial charge on any atom is -0.386 e. The molecule has 0 radical (unpaired) electrons. The van der Waals surface area contributed by atoms with Crippen LogP contribution in [0.3, 0.4) is 0 Å². The highest BCUT2D eigenvalue weighted by molar-refractivity contribution is 5.97. The minimum atomic E-state index is -0.998. The van der Waals surface area contributed by atoms with Crippen molar-refractivity contribution in [1.82, 2.24) is 24.8 Å². The molecule has 0 spiro atoms. The van der Waals surface area contributed by atoms with Gasteiger partial charge in [-0.3, -0.25) is 4.79 Å². The Kier molecular flexibility index (Phi) is 4.72. The number of carbonyl (C=O) groups is 1. The molecule has 3 aromatic rings. The van der Waals surface area contributed by atoms with Crippen molar-refractivity contribution in [2.45, 2.75) is 25.4 Å². The number of anilines is 1. The molecule has 0 aliphatic carbocycles. The highest BCUT2D eigenvalue weighted by atomic mass is 16.3. The van der Waals surface area contributed by atoms with Crippen molar-refractivity contribution < 1.29 is 9.90 Å². The number of piperidine rings is 1. The molecule has 1 amide bonds. The number of hydrogen-bond acceptors (Lipinski definition) is 6. The normalized spacial score (nSPS) is 19.8. The molecule has 3 heterocycles. The fourth-order valence-electron chi connectivity index (χ4n) is 3.69. The van der Waals surface area contributed by atoms with Crippen molar-refractivity contribution in [1.29, 1.82) is 0 Å². The first kappa shape index (κ1) is 18.4. The fourth-order valence-corrected chi connectivity index (χ4v) is 3.69. The molecule has 0 bridgehead atoms. The number of nitrogens with one attached hydrogen (secondary N) is 1. The van der Waals surface area contributed by atoms with Gasteiger partial charge in [0.15, 0.2) is 0 Å². The van der Waals surface area contributed by atoms with Gasteiger partial charge in [0.2, 0.25) is 0 Å². The monoisotopic (exact) mass is 380 g/mol. The summed E-state index contributed by atoms with van der Waals surface area (Å²) in [5.41, 5.74) is 2.17. The number of aromatic nitrogens is 4. The van der Waals surface area contributed by atoms with Gasteiger partial charge in [-0.25, -0.2) is 15.0 Å². The highest BCUT2D eigenvalue weighted by Gasteiger charge is 2.34. The molecule has 0 saturated carbocycles. The number of hydrogen-bond donors (Lipinski definition) is 2. The molecule has 146 valence electrons. The SMILES string of the molecule is Cc1cc(N2CCC[C@@](O)(CNC(=O)c3ccc4c(c3)ncn4C)C2)ncn1. The summed E-state index contributed by atoms with van der Waals surface area (Å²) >= 11 is 0. The number of fused-ring (bicyclic) bond motifs is 1. The summed E-state index contributed by atoms with van der Waals surface area (Å²) in [6.07, 6.45) is 4.72. The molecular formula is C20H24N6O2. The van der Waals surface area contributed by atoms with Gasteiger partial charge < -0.3 is 19.9 Å². The third kappa shape index (κ3) is 3.68. The summed E-state index contributed by atoms with van der Waals surface area (Å²) in [7, 11) is 1.92. The minimum absolute atomic E-state index is 0.187. The predicted molar refractivity (Wildman–Crippen MR) is 106 cm³/mol. The van der Waals surface area contributed by atoms with E-state index in [2.05, 4.69) is 20.3 Å². The summed E-state index contributed by atoms with van der Waals surface area (Å²) in [6, 6.07) is 7.34. The summed E-state index contributed by atoms with van der Waals surface area (Å²) < 4.78 is 1.91. The van der Waals surface area contributed by atoms with Crippen molar-refractivity contribution in [2.24, 2.45) is 7.05 Å². The smallest absolute Gasteiger partial charge is 0.251 e. The molecule has 8 heteroatoms. The van der Waals surface area contributed by atoms with Gasteiger partial charge in [0.05, 0.1) is 23.0 Å². The number of rotatable bonds is 4. The number of carbonyl (C=O) groups excluding carboxylic acids is 1. The molecule has 1 fully saturated rings. The van der Waals surface area contributed by atoms with Crippen LogP contribution in [-0.4, -0.2) is 55.8 Å². The summed E-state index contributed by atoms with van der Waals surface area (Å²) in [4.78, 5) is 27.4. The number of nitrogens with zero attached hydrogens (tertiary/aromatic N) is 5. The van der Waals surface area contributed by atoms with Crippen LogP contribution in [0.4, 0.5) is 5.82 Å². The van der Waals surface area contributed by atoms with Crippen molar-refractivity contribution in [3.63, 3.8) is 0 Å². The van der Waals surface area contributed by atoms with Crippen LogP contribution >= 0.6 is 0 Å². The van der Waals surface area contributed by atoms with E-state index in [-0.39, 0.29) is 12.5 Å². The van der Waals surface area contributed by atoms with Gasteiger partial charge in [-0.15, -0.1) is 0 Å². The van der Waals surface area contributed by atoms with Crippen molar-refractivity contribution in [2.75, 3.05) is 24.5 Å². The van der Waals surface area contributed by atoms with E-state index < -0.39 is 5.60 Å². The van der Waals surface area contributed by atoms with Crippen LogP contribution in [0.2, 0.25) is 0 Å². The summed E-state index contributed by atoms with van der Waals surface area (Å²) in [5.74, 6) is 0.591.